The maximum Gasteiger partial charge on any atom is 0.253 e. The van der Waals surface area contributed by atoms with Gasteiger partial charge in [0.2, 0.25) is 5.91 Å². The molecular weight excluding hydrogens is 354 g/mol. The molecule has 6 nitrogen and oxygen atoms in total. The van der Waals surface area contributed by atoms with Crippen molar-refractivity contribution in [3.05, 3.63) is 34.9 Å². The predicted octanol–water partition coefficient (Wildman–Crippen LogP) is 1.74. The van der Waals surface area contributed by atoms with Gasteiger partial charge in [-0.15, -0.1) is 0 Å². The molecule has 0 aliphatic carbocycles. The Hall–Kier alpha value is -1.63. The minimum atomic E-state index is -0.0620. The summed E-state index contributed by atoms with van der Waals surface area (Å²) in [5.74, 6) is 0.200. The molecule has 0 N–H and O–H groups in total. The van der Waals surface area contributed by atoms with Gasteiger partial charge in [-0.2, -0.15) is 0 Å². The monoisotopic (exact) mass is 379 g/mol. The van der Waals surface area contributed by atoms with Gasteiger partial charge in [0.25, 0.3) is 5.91 Å². The van der Waals surface area contributed by atoms with E-state index in [1.165, 1.54) is 0 Å². The maximum absolute atomic E-state index is 12.7. The van der Waals surface area contributed by atoms with Crippen LogP contribution in [0.5, 0.6) is 0 Å². The molecule has 3 rings (SSSR count). The zero-order chi connectivity index (χ0) is 18.5. The zero-order valence-electron chi connectivity index (χ0n) is 15.2. The van der Waals surface area contributed by atoms with Crippen LogP contribution >= 0.6 is 11.6 Å². The molecule has 0 radical (unpaired) electrons. The van der Waals surface area contributed by atoms with Gasteiger partial charge < -0.3 is 14.5 Å². The molecule has 142 valence electrons. The number of likely N-dealkylation sites (tertiary alicyclic amines) is 1. The lowest BCUT2D eigenvalue weighted by Crippen LogP contribution is -2.44. The second kappa shape index (κ2) is 8.84. The number of rotatable bonds is 5. The molecule has 2 amide bonds. The standard InChI is InChI=1S/C19H26ClN3O3/c1-26-13-12-23-9-6-17(19(23)25)21-7-3-8-22(11-10-21)18(24)15-4-2-5-16(20)14-15/h2,4-5,14,17H,3,6-13H2,1H3/t17-/m1/s1. The molecule has 1 aromatic rings. The molecule has 2 aliphatic heterocycles. The summed E-state index contributed by atoms with van der Waals surface area (Å²) in [5, 5.41) is 0.569. The quantitative estimate of drug-likeness (QED) is 0.782. The van der Waals surface area contributed by atoms with Crippen LogP contribution in [-0.4, -0.2) is 85.5 Å². The number of ether oxygens (including phenoxy) is 1. The fourth-order valence-corrected chi connectivity index (χ4v) is 3.93. The minimum Gasteiger partial charge on any atom is -0.383 e. The van der Waals surface area contributed by atoms with Crippen molar-refractivity contribution in [2.24, 2.45) is 0 Å². The van der Waals surface area contributed by atoms with Crippen LogP contribution in [0.15, 0.2) is 24.3 Å². The van der Waals surface area contributed by atoms with Gasteiger partial charge in [-0.3, -0.25) is 14.5 Å². The SMILES string of the molecule is COCCN1CC[C@@H](N2CCCN(C(=O)c3cccc(Cl)c3)CC2)C1=O. The lowest BCUT2D eigenvalue weighted by atomic mass is 10.2. The highest BCUT2D eigenvalue weighted by Gasteiger charge is 2.36. The summed E-state index contributed by atoms with van der Waals surface area (Å²) in [4.78, 5) is 31.3. The molecule has 0 unspecified atom stereocenters. The first-order valence-corrected chi connectivity index (χ1v) is 9.54. The number of methoxy groups -OCH3 is 1. The molecule has 0 bridgehead atoms. The van der Waals surface area contributed by atoms with Crippen LogP contribution in [0.25, 0.3) is 0 Å². The summed E-state index contributed by atoms with van der Waals surface area (Å²) >= 11 is 6.01. The van der Waals surface area contributed by atoms with E-state index in [2.05, 4.69) is 4.90 Å². The largest absolute Gasteiger partial charge is 0.383 e. The van der Waals surface area contributed by atoms with E-state index in [1.54, 1.807) is 31.4 Å². The number of carbonyl (C=O) groups is 2. The zero-order valence-corrected chi connectivity index (χ0v) is 16.0. The predicted molar refractivity (Wildman–Crippen MR) is 100 cm³/mol. The Labute approximate surface area is 159 Å². The Morgan fingerprint density at radius 2 is 2.08 bits per heavy atom. The van der Waals surface area contributed by atoms with Gasteiger partial charge in [-0.1, -0.05) is 17.7 Å². The summed E-state index contributed by atoms with van der Waals surface area (Å²) in [5.41, 5.74) is 0.619. The molecule has 2 fully saturated rings. The molecule has 2 heterocycles. The van der Waals surface area contributed by atoms with E-state index in [0.717, 1.165) is 32.5 Å². The molecule has 1 aromatic carbocycles. The van der Waals surface area contributed by atoms with Crippen molar-refractivity contribution in [2.45, 2.75) is 18.9 Å². The topological polar surface area (TPSA) is 53.1 Å². The number of amides is 2. The van der Waals surface area contributed by atoms with Crippen molar-refractivity contribution in [2.75, 3.05) is 53.0 Å². The van der Waals surface area contributed by atoms with E-state index in [-0.39, 0.29) is 17.9 Å². The number of carbonyl (C=O) groups excluding carboxylic acids is 2. The van der Waals surface area contributed by atoms with Gasteiger partial charge in [0, 0.05) is 57.0 Å². The first-order valence-electron chi connectivity index (χ1n) is 9.17. The fourth-order valence-electron chi connectivity index (χ4n) is 3.74. The van der Waals surface area contributed by atoms with Crippen molar-refractivity contribution in [1.29, 1.82) is 0 Å². The van der Waals surface area contributed by atoms with Gasteiger partial charge in [-0.05, 0) is 31.0 Å². The summed E-state index contributed by atoms with van der Waals surface area (Å²) in [7, 11) is 1.65. The number of benzene rings is 1. The molecular formula is C19H26ClN3O3. The van der Waals surface area contributed by atoms with Crippen LogP contribution in [0, 0.1) is 0 Å². The average molecular weight is 380 g/mol. The average Bonchev–Trinajstić information content (AvgIpc) is 2.84. The van der Waals surface area contributed by atoms with Gasteiger partial charge in [0.1, 0.15) is 0 Å². The highest BCUT2D eigenvalue weighted by molar-refractivity contribution is 6.30. The van der Waals surface area contributed by atoms with Crippen LogP contribution in [0.2, 0.25) is 5.02 Å². The van der Waals surface area contributed by atoms with Gasteiger partial charge in [-0.25, -0.2) is 0 Å². The first-order chi connectivity index (χ1) is 12.6. The smallest absolute Gasteiger partial charge is 0.253 e. The van der Waals surface area contributed by atoms with Crippen molar-refractivity contribution in [3.63, 3.8) is 0 Å². The number of halogens is 1. The lowest BCUT2D eigenvalue weighted by Gasteiger charge is -2.26. The maximum atomic E-state index is 12.7. The van der Waals surface area contributed by atoms with E-state index in [0.29, 0.717) is 36.8 Å². The highest BCUT2D eigenvalue weighted by atomic mass is 35.5. The molecule has 0 aromatic heterocycles. The molecule has 2 saturated heterocycles. The Balaban J connectivity index is 1.58. The summed E-state index contributed by atoms with van der Waals surface area (Å²) < 4.78 is 5.08. The molecule has 7 heteroatoms. The fraction of sp³-hybridized carbons (Fsp3) is 0.579. The Bertz CT molecular complexity index is 655. The van der Waals surface area contributed by atoms with Gasteiger partial charge >= 0.3 is 0 Å². The van der Waals surface area contributed by atoms with Crippen LogP contribution < -0.4 is 0 Å². The summed E-state index contributed by atoms with van der Waals surface area (Å²) in [6.45, 7) is 4.91. The number of hydrogen-bond acceptors (Lipinski definition) is 4. The van der Waals surface area contributed by atoms with Crippen LogP contribution in [0.3, 0.4) is 0 Å². The number of hydrogen-bond donors (Lipinski definition) is 0. The van der Waals surface area contributed by atoms with E-state index in [9.17, 15) is 9.59 Å². The highest BCUT2D eigenvalue weighted by Crippen LogP contribution is 2.20. The van der Waals surface area contributed by atoms with Gasteiger partial charge in [0.15, 0.2) is 0 Å². The number of nitrogens with zero attached hydrogens (tertiary/aromatic N) is 3. The van der Waals surface area contributed by atoms with Gasteiger partial charge in [0.05, 0.1) is 12.6 Å². The van der Waals surface area contributed by atoms with Crippen LogP contribution in [0.4, 0.5) is 0 Å². The van der Waals surface area contributed by atoms with Crippen LogP contribution in [0.1, 0.15) is 23.2 Å². The van der Waals surface area contributed by atoms with E-state index < -0.39 is 0 Å². The Morgan fingerprint density at radius 3 is 2.85 bits per heavy atom. The molecule has 0 saturated carbocycles. The molecule has 0 spiro atoms. The molecule has 2 aliphatic rings. The summed E-state index contributed by atoms with van der Waals surface area (Å²) in [6.07, 6.45) is 1.72. The van der Waals surface area contributed by atoms with E-state index in [4.69, 9.17) is 16.3 Å². The van der Waals surface area contributed by atoms with E-state index in [1.807, 2.05) is 9.80 Å². The third-order valence-corrected chi connectivity index (χ3v) is 5.40. The van der Waals surface area contributed by atoms with Crippen molar-refractivity contribution >= 4 is 23.4 Å². The first kappa shape index (κ1) is 19.1. The summed E-state index contributed by atoms with van der Waals surface area (Å²) in [6, 6.07) is 7.01. The third-order valence-electron chi connectivity index (χ3n) is 5.16. The Morgan fingerprint density at radius 1 is 1.23 bits per heavy atom. The molecule has 26 heavy (non-hydrogen) atoms. The second-order valence-corrected chi connectivity index (χ2v) is 7.25. The minimum absolute atomic E-state index is 0.00817. The molecule has 1 atom stereocenters. The van der Waals surface area contributed by atoms with E-state index >= 15 is 0 Å². The third kappa shape index (κ3) is 4.37. The van der Waals surface area contributed by atoms with Crippen molar-refractivity contribution in [1.82, 2.24) is 14.7 Å². The Kier molecular flexibility index (Phi) is 6.51. The van der Waals surface area contributed by atoms with Crippen molar-refractivity contribution in [3.8, 4) is 0 Å². The van der Waals surface area contributed by atoms with Crippen LogP contribution in [-0.2, 0) is 9.53 Å². The second-order valence-electron chi connectivity index (χ2n) is 6.81. The van der Waals surface area contributed by atoms with Crippen molar-refractivity contribution < 1.29 is 14.3 Å². The lowest BCUT2D eigenvalue weighted by molar-refractivity contribution is -0.132. The normalized spacial score (nSPS) is 21.9.